The molecule has 1 saturated heterocycles. The largest absolute Gasteiger partial charge is 0.482 e. The third-order valence-corrected chi connectivity index (χ3v) is 5.91. The summed E-state index contributed by atoms with van der Waals surface area (Å²) in [6.07, 6.45) is 2.83. The van der Waals surface area contributed by atoms with Crippen LogP contribution in [0.4, 0.5) is 16.0 Å². The summed E-state index contributed by atoms with van der Waals surface area (Å²) >= 11 is 12.3. The third kappa shape index (κ3) is 4.69. The summed E-state index contributed by atoms with van der Waals surface area (Å²) in [7, 11) is 0. The third-order valence-electron chi connectivity index (χ3n) is 5.19. The molecule has 162 valence electrons. The van der Waals surface area contributed by atoms with E-state index in [0.29, 0.717) is 16.3 Å². The van der Waals surface area contributed by atoms with Crippen molar-refractivity contribution in [3.05, 3.63) is 64.2 Å². The minimum absolute atomic E-state index is 0.0737. The van der Waals surface area contributed by atoms with E-state index in [1.165, 1.54) is 12.1 Å². The van der Waals surface area contributed by atoms with Crippen LogP contribution in [0.5, 0.6) is 5.75 Å². The maximum Gasteiger partial charge on any atom is 0.166 e. The van der Waals surface area contributed by atoms with Crippen molar-refractivity contribution in [2.75, 3.05) is 36.8 Å². The van der Waals surface area contributed by atoms with Crippen LogP contribution in [0.1, 0.15) is 18.6 Å². The number of nitrogens with one attached hydrogen (secondary N) is 1. The Balaban J connectivity index is 1.57. The maximum absolute atomic E-state index is 13.9. The number of aromatic nitrogens is 2. The summed E-state index contributed by atoms with van der Waals surface area (Å²) < 4.78 is 19.9. The molecule has 0 saturated carbocycles. The molecule has 1 aliphatic heterocycles. The van der Waals surface area contributed by atoms with Crippen LogP contribution in [0.15, 0.2) is 42.7 Å². The van der Waals surface area contributed by atoms with Gasteiger partial charge in [0.1, 0.15) is 17.7 Å². The van der Waals surface area contributed by atoms with E-state index in [1.54, 1.807) is 25.4 Å². The van der Waals surface area contributed by atoms with Gasteiger partial charge in [-0.05, 0) is 37.3 Å². The molecule has 31 heavy (non-hydrogen) atoms. The minimum atomic E-state index is -0.636. The highest BCUT2D eigenvalue weighted by Crippen LogP contribution is 2.37. The number of halogens is 3. The van der Waals surface area contributed by atoms with Crippen molar-refractivity contribution in [1.82, 2.24) is 15.3 Å². The average Bonchev–Trinajstić information content (AvgIpc) is 2.79. The van der Waals surface area contributed by atoms with Gasteiger partial charge in [0, 0.05) is 60.3 Å². The second-order valence-corrected chi connectivity index (χ2v) is 8.05. The average molecular weight is 462 g/mol. The van der Waals surface area contributed by atoms with Crippen molar-refractivity contribution >= 4 is 34.8 Å². The molecule has 0 radical (unpaired) electrons. The van der Waals surface area contributed by atoms with Crippen molar-refractivity contribution in [1.29, 1.82) is 0 Å². The van der Waals surface area contributed by atoms with Crippen molar-refractivity contribution in [2.45, 2.75) is 13.0 Å². The Labute approximate surface area is 190 Å². The van der Waals surface area contributed by atoms with Gasteiger partial charge in [-0.15, -0.1) is 0 Å². The smallest absolute Gasteiger partial charge is 0.166 e. The van der Waals surface area contributed by atoms with Crippen LogP contribution in [0.3, 0.4) is 0 Å². The molecule has 9 heteroatoms. The maximum atomic E-state index is 13.9. The Bertz CT molecular complexity index is 1070. The zero-order chi connectivity index (χ0) is 22.0. The van der Waals surface area contributed by atoms with E-state index in [9.17, 15) is 4.39 Å². The first-order chi connectivity index (χ1) is 14.9. The van der Waals surface area contributed by atoms with E-state index in [-0.39, 0.29) is 10.8 Å². The Morgan fingerprint density at radius 2 is 1.84 bits per heavy atom. The van der Waals surface area contributed by atoms with Crippen LogP contribution < -0.4 is 20.7 Å². The van der Waals surface area contributed by atoms with Crippen molar-refractivity contribution in [3.63, 3.8) is 0 Å². The lowest BCUT2D eigenvalue weighted by Gasteiger charge is -2.28. The number of nitrogen functional groups attached to an aromatic ring is 1. The predicted octanol–water partition coefficient (Wildman–Crippen LogP) is 4.72. The predicted molar refractivity (Wildman–Crippen MR) is 122 cm³/mol. The molecule has 1 aliphatic rings. The van der Waals surface area contributed by atoms with E-state index < -0.39 is 11.9 Å². The van der Waals surface area contributed by atoms with Gasteiger partial charge in [0.2, 0.25) is 0 Å². The van der Waals surface area contributed by atoms with Gasteiger partial charge in [0.05, 0.1) is 5.02 Å². The lowest BCUT2D eigenvalue weighted by molar-refractivity contribution is 0.227. The Kier molecular flexibility index (Phi) is 6.46. The molecule has 6 nitrogen and oxygen atoms in total. The standard InChI is InChI=1S/C22H22Cl2FN5O/c1-13(20-16(23)3-4-17(25)21(20)24)31-18-10-15(12-29-22(18)26)14-2-5-19(28-11-14)30-8-6-27-7-9-30/h2-5,10-13,27H,6-9H2,1H3,(H2,26,29). The van der Waals surface area contributed by atoms with Crippen molar-refractivity contribution in [2.24, 2.45) is 0 Å². The van der Waals surface area contributed by atoms with E-state index in [2.05, 4.69) is 20.2 Å². The Morgan fingerprint density at radius 3 is 2.55 bits per heavy atom. The topological polar surface area (TPSA) is 76.3 Å². The molecule has 3 heterocycles. The summed E-state index contributed by atoms with van der Waals surface area (Å²) in [5.74, 6) is 0.943. The summed E-state index contributed by atoms with van der Waals surface area (Å²) in [5, 5.41) is 3.57. The molecule has 1 aromatic carbocycles. The first-order valence-electron chi connectivity index (χ1n) is 9.91. The lowest BCUT2D eigenvalue weighted by atomic mass is 10.1. The van der Waals surface area contributed by atoms with Crippen molar-refractivity contribution in [3.8, 4) is 16.9 Å². The molecular formula is C22H22Cl2FN5O. The molecular weight excluding hydrogens is 440 g/mol. The SMILES string of the molecule is CC(Oc1cc(-c2ccc(N3CCNCC3)nc2)cnc1N)c1c(Cl)ccc(F)c1Cl. The first kappa shape index (κ1) is 21.6. The van der Waals surface area contributed by atoms with Gasteiger partial charge in [-0.3, -0.25) is 0 Å². The number of hydrogen-bond acceptors (Lipinski definition) is 6. The highest BCUT2D eigenvalue weighted by molar-refractivity contribution is 6.36. The van der Waals surface area contributed by atoms with E-state index in [4.69, 9.17) is 33.7 Å². The number of piperazine rings is 1. The fourth-order valence-corrected chi connectivity index (χ4v) is 4.19. The normalized spacial score (nSPS) is 15.0. The molecule has 1 atom stereocenters. The second-order valence-electron chi connectivity index (χ2n) is 7.27. The summed E-state index contributed by atoms with van der Waals surface area (Å²) in [6, 6.07) is 8.43. The Hall–Kier alpha value is -2.61. The number of benzene rings is 1. The van der Waals surface area contributed by atoms with Crippen molar-refractivity contribution < 1.29 is 9.13 Å². The molecule has 1 fully saturated rings. The van der Waals surface area contributed by atoms with Crippen LogP contribution >= 0.6 is 23.2 Å². The second kappa shape index (κ2) is 9.26. The molecule has 4 rings (SSSR count). The molecule has 0 bridgehead atoms. The first-order valence-corrected chi connectivity index (χ1v) is 10.7. The summed E-state index contributed by atoms with van der Waals surface area (Å²) in [5.41, 5.74) is 8.05. The van der Waals surface area contributed by atoms with E-state index in [1.807, 2.05) is 12.1 Å². The minimum Gasteiger partial charge on any atom is -0.482 e. The van der Waals surface area contributed by atoms with Gasteiger partial charge in [-0.25, -0.2) is 14.4 Å². The number of pyridine rings is 2. The van der Waals surface area contributed by atoms with Crippen LogP contribution in [0.25, 0.3) is 11.1 Å². The van der Waals surface area contributed by atoms with Crippen LogP contribution in [0.2, 0.25) is 10.0 Å². The highest BCUT2D eigenvalue weighted by Gasteiger charge is 2.20. The number of nitrogens with zero attached hydrogens (tertiary/aromatic N) is 3. The molecule has 0 aliphatic carbocycles. The molecule has 2 aromatic heterocycles. The zero-order valence-corrected chi connectivity index (χ0v) is 18.4. The van der Waals surface area contributed by atoms with Crippen LogP contribution in [-0.4, -0.2) is 36.1 Å². The summed E-state index contributed by atoms with van der Waals surface area (Å²) in [6.45, 7) is 5.48. The van der Waals surface area contributed by atoms with Gasteiger partial charge in [-0.2, -0.15) is 0 Å². The number of anilines is 2. The number of rotatable bonds is 5. The molecule has 0 amide bonds. The lowest BCUT2D eigenvalue weighted by Crippen LogP contribution is -2.43. The fraction of sp³-hybridized carbons (Fsp3) is 0.273. The van der Waals surface area contributed by atoms with Crippen LogP contribution in [0, 0.1) is 5.82 Å². The zero-order valence-electron chi connectivity index (χ0n) is 16.9. The van der Waals surface area contributed by atoms with Gasteiger partial charge in [0.25, 0.3) is 0 Å². The van der Waals surface area contributed by atoms with E-state index in [0.717, 1.165) is 43.1 Å². The molecule has 3 aromatic rings. The quantitative estimate of drug-likeness (QED) is 0.535. The van der Waals surface area contributed by atoms with Gasteiger partial charge < -0.3 is 20.7 Å². The summed E-state index contributed by atoms with van der Waals surface area (Å²) in [4.78, 5) is 11.1. The highest BCUT2D eigenvalue weighted by atomic mass is 35.5. The molecule has 3 N–H and O–H groups in total. The monoisotopic (exact) mass is 461 g/mol. The number of ether oxygens (including phenoxy) is 1. The Morgan fingerprint density at radius 1 is 1.10 bits per heavy atom. The van der Waals surface area contributed by atoms with Crippen LogP contribution in [-0.2, 0) is 0 Å². The fourth-order valence-electron chi connectivity index (χ4n) is 3.51. The van der Waals surface area contributed by atoms with E-state index >= 15 is 0 Å². The van der Waals surface area contributed by atoms with Gasteiger partial charge in [0.15, 0.2) is 11.6 Å². The molecule has 1 unspecified atom stereocenters. The van der Waals surface area contributed by atoms with Gasteiger partial charge in [-0.1, -0.05) is 23.2 Å². The molecule has 0 spiro atoms. The number of hydrogen-bond donors (Lipinski definition) is 2. The van der Waals surface area contributed by atoms with Gasteiger partial charge >= 0.3 is 0 Å². The number of nitrogens with two attached hydrogens (primary N) is 1.